The van der Waals surface area contributed by atoms with Gasteiger partial charge in [-0.3, -0.25) is 4.99 Å². The lowest BCUT2D eigenvalue weighted by Crippen LogP contribution is -2.00. The fraction of sp³-hybridized carbons (Fsp3) is 0.353. The molecule has 1 saturated carbocycles. The molecule has 1 aliphatic rings. The van der Waals surface area contributed by atoms with Gasteiger partial charge in [-0.15, -0.1) is 0 Å². The maximum Gasteiger partial charge on any atom is 0.0659 e. The molecule has 98 valence electrons. The van der Waals surface area contributed by atoms with Crippen molar-refractivity contribution < 1.29 is 0 Å². The Morgan fingerprint density at radius 3 is 2.74 bits per heavy atom. The summed E-state index contributed by atoms with van der Waals surface area (Å²) >= 11 is 0. The Morgan fingerprint density at radius 1 is 1.16 bits per heavy atom. The molecule has 0 aliphatic heterocycles. The molecular formula is C17H20N2. The SMILES string of the molecule is Cc1ccccc1N=Cc1ccn(C2CCCC2)c1. The summed E-state index contributed by atoms with van der Waals surface area (Å²) in [6.45, 7) is 2.09. The van der Waals surface area contributed by atoms with Crippen molar-refractivity contribution in [3.05, 3.63) is 53.9 Å². The van der Waals surface area contributed by atoms with Gasteiger partial charge < -0.3 is 4.57 Å². The molecule has 0 atom stereocenters. The molecule has 19 heavy (non-hydrogen) atoms. The Kier molecular flexibility index (Phi) is 3.49. The molecule has 2 nitrogen and oxygen atoms in total. The van der Waals surface area contributed by atoms with E-state index in [0.717, 1.165) is 5.69 Å². The van der Waals surface area contributed by atoms with Gasteiger partial charge in [0, 0.05) is 30.2 Å². The van der Waals surface area contributed by atoms with Crippen molar-refractivity contribution >= 4 is 11.9 Å². The van der Waals surface area contributed by atoms with Crippen LogP contribution < -0.4 is 0 Å². The standard InChI is InChI=1S/C17H20N2/c1-14-6-2-5-9-17(14)18-12-15-10-11-19(13-15)16-7-3-4-8-16/h2,5-6,9-13,16H,3-4,7-8H2,1H3. The Balaban J connectivity index is 1.75. The van der Waals surface area contributed by atoms with E-state index < -0.39 is 0 Å². The molecule has 0 unspecified atom stereocenters. The molecule has 2 heteroatoms. The van der Waals surface area contributed by atoms with Gasteiger partial charge in [-0.05, 0) is 37.5 Å². The fourth-order valence-electron chi connectivity index (χ4n) is 2.79. The van der Waals surface area contributed by atoms with Crippen LogP contribution >= 0.6 is 0 Å². The second kappa shape index (κ2) is 5.43. The molecule has 1 heterocycles. The summed E-state index contributed by atoms with van der Waals surface area (Å²) < 4.78 is 2.35. The number of aromatic nitrogens is 1. The fourth-order valence-corrected chi connectivity index (χ4v) is 2.79. The third-order valence-corrected chi connectivity index (χ3v) is 3.95. The Hall–Kier alpha value is -1.83. The predicted octanol–water partition coefficient (Wildman–Crippen LogP) is 4.66. The van der Waals surface area contributed by atoms with E-state index in [1.54, 1.807) is 0 Å². The Labute approximate surface area is 114 Å². The zero-order valence-corrected chi connectivity index (χ0v) is 11.4. The van der Waals surface area contributed by atoms with Crippen LogP contribution in [-0.4, -0.2) is 10.8 Å². The molecule has 1 aliphatic carbocycles. The molecule has 2 aromatic rings. The maximum atomic E-state index is 4.58. The van der Waals surface area contributed by atoms with Crippen LogP contribution in [0, 0.1) is 6.92 Å². The summed E-state index contributed by atoms with van der Waals surface area (Å²) in [6.07, 6.45) is 11.8. The number of aryl methyl sites for hydroxylation is 1. The first-order valence-electron chi connectivity index (χ1n) is 7.10. The van der Waals surface area contributed by atoms with Crippen LogP contribution in [0.5, 0.6) is 0 Å². The first-order chi connectivity index (χ1) is 9.33. The minimum atomic E-state index is 0.709. The third kappa shape index (κ3) is 2.78. The van der Waals surface area contributed by atoms with Gasteiger partial charge in [0.15, 0.2) is 0 Å². The van der Waals surface area contributed by atoms with Crippen molar-refractivity contribution in [3.63, 3.8) is 0 Å². The van der Waals surface area contributed by atoms with Gasteiger partial charge in [0.1, 0.15) is 0 Å². The minimum Gasteiger partial charge on any atom is -0.351 e. The van der Waals surface area contributed by atoms with E-state index in [2.05, 4.69) is 47.1 Å². The molecule has 0 amide bonds. The summed E-state index contributed by atoms with van der Waals surface area (Å²) in [5, 5.41) is 0. The second-order valence-corrected chi connectivity index (χ2v) is 5.38. The maximum absolute atomic E-state index is 4.58. The zero-order valence-electron chi connectivity index (χ0n) is 11.4. The third-order valence-electron chi connectivity index (χ3n) is 3.95. The minimum absolute atomic E-state index is 0.709. The van der Waals surface area contributed by atoms with Crippen molar-refractivity contribution in [2.24, 2.45) is 4.99 Å². The molecule has 1 aromatic heterocycles. The summed E-state index contributed by atoms with van der Waals surface area (Å²) in [6, 6.07) is 11.1. The van der Waals surface area contributed by atoms with Gasteiger partial charge >= 0.3 is 0 Å². The first kappa shape index (κ1) is 12.2. The van der Waals surface area contributed by atoms with Crippen LogP contribution in [0.3, 0.4) is 0 Å². The first-order valence-corrected chi connectivity index (χ1v) is 7.10. The van der Waals surface area contributed by atoms with E-state index in [9.17, 15) is 0 Å². The smallest absolute Gasteiger partial charge is 0.0659 e. The molecule has 0 N–H and O–H groups in total. The van der Waals surface area contributed by atoms with Crippen LogP contribution in [0.2, 0.25) is 0 Å². The van der Waals surface area contributed by atoms with Crippen molar-refractivity contribution in [2.75, 3.05) is 0 Å². The normalized spacial score (nSPS) is 16.5. The number of para-hydroxylation sites is 1. The summed E-state index contributed by atoms with van der Waals surface area (Å²) in [5.74, 6) is 0. The molecule has 0 spiro atoms. The highest BCUT2D eigenvalue weighted by Crippen LogP contribution is 2.29. The van der Waals surface area contributed by atoms with Crippen molar-refractivity contribution in [3.8, 4) is 0 Å². The van der Waals surface area contributed by atoms with E-state index in [1.165, 1.54) is 36.8 Å². The molecule has 0 bridgehead atoms. The van der Waals surface area contributed by atoms with Crippen molar-refractivity contribution in [1.82, 2.24) is 4.57 Å². The van der Waals surface area contributed by atoms with E-state index in [0.29, 0.717) is 6.04 Å². The van der Waals surface area contributed by atoms with Crippen LogP contribution in [0.1, 0.15) is 42.9 Å². The second-order valence-electron chi connectivity index (χ2n) is 5.38. The topological polar surface area (TPSA) is 17.3 Å². The van der Waals surface area contributed by atoms with Gasteiger partial charge in [0.05, 0.1) is 5.69 Å². The lowest BCUT2D eigenvalue weighted by Gasteiger charge is -2.10. The highest BCUT2D eigenvalue weighted by atomic mass is 15.0. The van der Waals surface area contributed by atoms with E-state index in [1.807, 2.05) is 18.3 Å². The molecule has 0 radical (unpaired) electrons. The number of nitrogens with zero attached hydrogens (tertiary/aromatic N) is 2. The highest BCUT2D eigenvalue weighted by Gasteiger charge is 2.15. The Bertz CT molecular complexity index is 574. The molecule has 1 aromatic carbocycles. The van der Waals surface area contributed by atoms with Crippen LogP contribution in [-0.2, 0) is 0 Å². The monoisotopic (exact) mass is 252 g/mol. The quantitative estimate of drug-likeness (QED) is 0.707. The van der Waals surface area contributed by atoms with Crippen LogP contribution in [0.15, 0.2) is 47.7 Å². The van der Waals surface area contributed by atoms with E-state index >= 15 is 0 Å². The van der Waals surface area contributed by atoms with E-state index in [-0.39, 0.29) is 0 Å². The number of aliphatic imine (C=N–C) groups is 1. The number of benzene rings is 1. The van der Waals surface area contributed by atoms with Gasteiger partial charge in [0.25, 0.3) is 0 Å². The molecule has 1 fully saturated rings. The Morgan fingerprint density at radius 2 is 1.95 bits per heavy atom. The lowest BCUT2D eigenvalue weighted by atomic mass is 10.2. The van der Waals surface area contributed by atoms with Gasteiger partial charge in [-0.1, -0.05) is 31.0 Å². The molecule has 3 rings (SSSR count). The number of rotatable bonds is 3. The zero-order chi connectivity index (χ0) is 13.1. The molecular weight excluding hydrogens is 232 g/mol. The van der Waals surface area contributed by atoms with Crippen molar-refractivity contribution in [2.45, 2.75) is 38.6 Å². The largest absolute Gasteiger partial charge is 0.351 e. The van der Waals surface area contributed by atoms with E-state index in [4.69, 9.17) is 0 Å². The summed E-state index contributed by atoms with van der Waals surface area (Å²) in [7, 11) is 0. The predicted molar refractivity (Wildman–Crippen MR) is 80.4 cm³/mol. The van der Waals surface area contributed by atoms with Gasteiger partial charge in [-0.2, -0.15) is 0 Å². The van der Waals surface area contributed by atoms with Gasteiger partial charge in [-0.25, -0.2) is 0 Å². The summed E-state index contributed by atoms with van der Waals surface area (Å²) in [5.41, 5.74) is 3.46. The van der Waals surface area contributed by atoms with Gasteiger partial charge in [0.2, 0.25) is 0 Å². The number of hydrogen-bond donors (Lipinski definition) is 0. The highest BCUT2D eigenvalue weighted by molar-refractivity contribution is 5.82. The lowest BCUT2D eigenvalue weighted by molar-refractivity contribution is 0.521. The van der Waals surface area contributed by atoms with Crippen LogP contribution in [0.4, 0.5) is 5.69 Å². The summed E-state index contributed by atoms with van der Waals surface area (Å²) in [4.78, 5) is 4.58. The molecule has 0 saturated heterocycles. The van der Waals surface area contributed by atoms with Crippen LogP contribution in [0.25, 0.3) is 0 Å². The average molecular weight is 252 g/mol. The number of hydrogen-bond acceptors (Lipinski definition) is 1. The van der Waals surface area contributed by atoms with Crippen molar-refractivity contribution in [1.29, 1.82) is 0 Å². The average Bonchev–Trinajstić information content (AvgIpc) is 3.09.